The lowest BCUT2D eigenvalue weighted by atomic mass is 9.54. The fourth-order valence-corrected chi connectivity index (χ4v) is 7.28. The number of aromatic nitrogens is 2. The predicted molar refractivity (Wildman–Crippen MR) is 126 cm³/mol. The van der Waals surface area contributed by atoms with Gasteiger partial charge in [-0.3, -0.25) is 0 Å². The number of piperidine rings is 1. The minimum Gasteiger partial charge on any atom is -0.405 e. The van der Waals surface area contributed by atoms with Gasteiger partial charge in [-0.2, -0.15) is 5.10 Å². The number of ether oxygens (including phenoxy) is 1. The van der Waals surface area contributed by atoms with Crippen molar-refractivity contribution in [1.82, 2.24) is 15.1 Å². The minimum atomic E-state index is -0.364. The molecule has 1 aromatic carbocycles. The van der Waals surface area contributed by atoms with Gasteiger partial charge in [-0.25, -0.2) is 9.48 Å². The molecule has 1 saturated heterocycles. The van der Waals surface area contributed by atoms with Crippen LogP contribution in [0.4, 0.5) is 10.6 Å². The molecule has 1 atom stereocenters. The van der Waals surface area contributed by atoms with E-state index in [1.165, 1.54) is 32.1 Å². The zero-order valence-electron chi connectivity index (χ0n) is 19.1. The smallest absolute Gasteiger partial charge is 0.405 e. The average molecular weight is 451 g/mol. The highest BCUT2D eigenvalue weighted by Gasteiger charge is 2.48. The van der Waals surface area contributed by atoms with Crippen molar-refractivity contribution in [3.8, 4) is 11.4 Å². The van der Waals surface area contributed by atoms with Gasteiger partial charge >= 0.3 is 6.09 Å². The van der Waals surface area contributed by atoms with E-state index >= 15 is 0 Å². The van der Waals surface area contributed by atoms with E-state index in [0.717, 1.165) is 49.3 Å². The van der Waals surface area contributed by atoms with Gasteiger partial charge in [0.1, 0.15) is 0 Å². The van der Waals surface area contributed by atoms with Crippen molar-refractivity contribution in [1.29, 1.82) is 0 Å². The molecule has 0 spiro atoms. The molecule has 1 aromatic heterocycles. The zero-order valence-corrected chi connectivity index (χ0v) is 19.1. The Bertz CT molecular complexity index is 963. The molecule has 33 heavy (non-hydrogen) atoms. The van der Waals surface area contributed by atoms with Gasteiger partial charge in [0, 0.05) is 25.7 Å². The number of benzene rings is 1. The maximum atomic E-state index is 13.1. The van der Waals surface area contributed by atoms with E-state index in [9.17, 15) is 9.90 Å². The molecule has 176 valence electrons. The molecule has 4 aliphatic carbocycles. The second-order valence-electron chi connectivity index (χ2n) is 10.7. The van der Waals surface area contributed by atoms with E-state index in [1.807, 2.05) is 35.0 Å². The number of carbonyl (C=O) groups excluding carboxylic acids is 1. The van der Waals surface area contributed by atoms with Gasteiger partial charge in [0.05, 0.1) is 11.9 Å². The lowest BCUT2D eigenvalue weighted by molar-refractivity contribution is -0.0114. The van der Waals surface area contributed by atoms with E-state index in [1.54, 1.807) is 6.20 Å². The first-order chi connectivity index (χ1) is 16.2. The predicted octanol–water partition coefficient (Wildman–Crippen LogP) is 3.99. The summed E-state index contributed by atoms with van der Waals surface area (Å²) in [5, 5.41) is 17.6. The lowest BCUT2D eigenvalue weighted by Gasteiger charge is -2.54. The fourth-order valence-electron chi connectivity index (χ4n) is 7.28. The number of aliphatic hydroxyl groups is 1. The summed E-state index contributed by atoms with van der Waals surface area (Å²) in [6, 6.07) is 10.2. The summed E-state index contributed by atoms with van der Waals surface area (Å²) in [6.07, 6.45) is 9.71. The Hall–Kier alpha value is -2.54. The molecule has 7 rings (SSSR count). The number of anilines is 1. The van der Waals surface area contributed by atoms with Crippen LogP contribution in [-0.2, 0) is 0 Å². The average Bonchev–Trinajstić information content (AvgIpc) is 3.25. The van der Waals surface area contributed by atoms with Crippen molar-refractivity contribution in [3.63, 3.8) is 0 Å². The summed E-state index contributed by atoms with van der Waals surface area (Å²) in [4.78, 5) is 15.3. The quantitative estimate of drug-likeness (QED) is 0.720. The monoisotopic (exact) mass is 450 g/mol. The Kier molecular flexibility index (Phi) is 5.52. The molecule has 1 aliphatic heterocycles. The van der Waals surface area contributed by atoms with Gasteiger partial charge < -0.3 is 20.1 Å². The molecule has 4 bridgehead atoms. The number of hydrogen-bond donors (Lipinski definition) is 2. The van der Waals surface area contributed by atoms with Crippen LogP contribution in [0.15, 0.2) is 36.5 Å². The van der Waals surface area contributed by atoms with Gasteiger partial charge in [0.15, 0.2) is 11.6 Å². The van der Waals surface area contributed by atoms with E-state index in [2.05, 4.69) is 15.3 Å². The number of nitrogens with one attached hydrogen (secondary N) is 1. The standard InChI is InChI=1S/C26H34N4O3/c31-16-17-5-4-8-29(15-17)25-23(14-27-30(25)22-6-2-1-3-7-22)33-26(32)28-24-20-10-18-9-19(12-20)13-21(24)11-18/h1-3,6-7,14,17-21,24,31H,4-5,8-13,15-16H2,(H,28,32). The molecule has 7 nitrogen and oxygen atoms in total. The molecule has 2 heterocycles. The first-order valence-electron chi connectivity index (χ1n) is 12.7. The fraction of sp³-hybridized carbons (Fsp3) is 0.615. The van der Waals surface area contributed by atoms with Crippen molar-refractivity contribution in [2.24, 2.45) is 29.6 Å². The van der Waals surface area contributed by atoms with Crippen LogP contribution in [0, 0.1) is 29.6 Å². The van der Waals surface area contributed by atoms with E-state index < -0.39 is 0 Å². The number of carbonyl (C=O) groups is 1. The zero-order chi connectivity index (χ0) is 22.4. The van der Waals surface area contributed by atoms with Crippen LogP contribution in [-0.4, -0.2) is 46.7 Å². The largest absolute Gasteiger partial charge is 0.413 e. The van der Waals surface area contributed by atoms with Gasteiger partial charge in [0.25, 0.3) is 0 Å². The first kappa shape index (κ1) is 21.0. The van der Waals surface area contributed by atoms with Crippen LogP contribution < -0.4 is 15.0 Å². The molecule has 2 N–H and O–H groups in total. The van der Waals surface area contributed by atoms with Gasteiger partial charge in [-0.1, -0.05) is 18.2 Å². The second kappa shape index (κ2) is 8.67. The van der Waals surface area contributed by atoms with Crippen molar-refractivity contribution >= 4 is 11.9 Å². The second-order valence-corrected chi connectivity index (χ2v) is 10.7. The Morgan fingerprint density at radius 2 is 1.82 bits per heavy atom. The van der Waals surface area contributed by atoms with Crippen LogP contribution in [0.2, 0.25) is 0 Å². The van der Waals surface area contributed by atoms with Gasteiger partial charge in [-0.15, -0.1) is 0 Å². The number of para-hydroxylation sites is 1. The summed E-state index contributed by atoms with van der Waals surface area (Å²) in [7, 11) is 0. The Morgan fingerprint density at radius 3 is 2.52 bits per heavy atom. The van der Waals surface area contributed by atoms with E-state index in [0.29, 0.717) is 17.6 Å². The van der Waals surface area contributed by atoms with Crippen molar-refractivity contribution < 1.29 is 14.6 Å². The van der Waals surface area contributed by atoms with Crippen LogP contribution in [0.1, 0.15) is 44.9 Å². The van der Waals surface area contributed by atoms with Crippen LogP contribution in [0.3, 0.4) is 0 Å². The Balaban J connectivity index is 1.23. The van der Waals surface area contributed by atoms with Crippen LogP contribution in [0.5, 0.6) is 5.75 Å². The third-order valence-electron chi connectivity index (χ3n) is 8.50. The minimum absolute atomic E-state index is 0.166. The Labute approximate surface area is 195 Å². The first-order valence-corrected chi connectivity index (χ1v) is 12.7. The molecule has 0 radical (unpaired) electrons. The normalized spacial score (nSPS) is 32.7. The van der Waals surface area contributed by atoms with E-state index in [-0.39, 0.29) is 24.7 Å². The highest BCUT2D eigenvalue weighted by atomic mass is 16.6. The number of aliphatic hydroxyl groups excluding tert-OH is 1. The summed E-state index contributed by atoms with van der Waals surface area (Å²) in [5.41, 5.74) is 0.926. The van der Waals surface area contributed by atoms with Gasteiger partial charge in [-0.05, 0) is 86.7 Å². The third kappa shape index (κ3) is 4.01. The van der Waals surface area contributed by atoms with Crippen molar-refractivity contribution in [2.75, 3.05) is 24.6 Å². The highest BCUT2D eigenvalue weighted by Crippen LogP contribution is 2.53. The third-order valence-corrected chi connectivity index (χ3v) is 8.50. The summed E-state index contributed by atoms with van der Waals surface area (Å²) >= 11 is 0. The highest BCUT2D eigenvalue weighted by molar-refractivity contribution is 5.73. The van der Waals surface area contributed by atoms with Crippen LogP contribution >= 0.6 is 0 Å². The maximum Gasteiger partial charge on any atom is 0.413 e. The molecule has 2 aromatic rings. The Morgan fingerprint density at radius 1 is 1.09 bits per heavy atom. The molecule has 4 saturated carbocycles. The SMILES string of the molecule is O=C(NC1C2CC3CC(C2)CC1C3)Oc1cnn(-c2ccccc2)c1N1CCCC(CO)C1. The van der Waals surface area contributed by atoms with E-state index in [4.69, 9.17) is 4.74 Å². The molecular formula is C26H34N4O3. The number of rotatable bonds is 5. The number of nitrogens with zero attached hydrogens (tertiary/aromatic N) is 3. The van der Waals surface area contributed by atoms with Gasteiger partial charge in [0.2, 0.25) is 0 Å². The molecule has 5 aliphatic rings. The molecule has 1 unspecified atom stereocenters. The number of amides is 1. The van der Waals surface area contributed by atoms with Crippen molar-refractivity contribution in [2.45, 2.75) is 51.0 Å². The maximum absolute atomic E-state index is 13.1. The molecule has 5 fully saturated rings. The topological polar surface area (TPSA) is 79.6 Å². The van der Waals surface area contributed by atoms with Crippen molar-refractivity contribution in [3.05, 3.63) is 36.5 Å². The molecular weight excluding hydrogens is 416 g/mol. The number of hydrogen-bond acceptors (Lipinski definition) is 5. The summed E-state index contributed by atoms with van der Waals surface area (Å²) in [5.74, 6) is 4.44. The van der Waals surface area contributed by atoms with Crippen LogP contribution in [0.25, 0.3) is 5.69 Å². The molecule has 7 heteroatoms. The molecule has 1 amide bonds. The summed E-state index contributed by atoms with van der Waals surface area (Å²) in [6.45, 7) is 1.74. The lowest BCUT2D eigenvalue weighted by Crippen LogP contribution is -2.56. The summed E-state index contributed by atoms with van der Waals surface area (Å²) < 4.78 is 7.79.